The van der Waals surface area contributed by atoms with Gasteiger partial charge in [0.2, 0.25) is 5.91 Å². The number of amides is 2. The normalized spacial score (nSPS) is 11.0. The Kier molecular flexibility index (Phi) is 5.34. The van der Waals surface area contributed by atoms with Crippen LogP contribution in [-0.4, -0.2) is 23.3 Å². The quantitative estimate of drug-likeness (QED) is 0.907. The van der Waals surface area contributed by atoms with E-state index in [0.717, 1.165) is 11.3 Å². The molecule has 0 saturated heterocycles. The highest BCUT2D eigenvalue weighted by atomic mass is 16.2. The monoisotopic (exact) mass is 325 g/mol. The third-order valence-electron chi connectivity index (χ3n) is 3.58. The van der Waals surface area contributed by atoms with Crippen molar-refractivity contribution < 1.29 is 9.59 Å². The average Bonchev–Trinajstić information content (AvgIpc) is 2.52. The molecular weight excluding hydrogens is 302 g/mol. The topological polar surface area (TPSA) is 71.1 Å². The van der Waals surface area contributed by atoms with Crippen LogP contribution >= 0.6 is 0 Å². The van der Waals surface area contributed by atoms with E-state index in [1.807, 2.05) is 31.2 Å². The van der Waals surface area contributed by atoms with Crippen LogP contribution in [0, 0.1) is 6.92 Å². The Morgan fingerprint density at radius 3 is 2.29 bits per heavy atom. The largest absolute Gasteiger partial charge is 0.343 e. The number of carbonyl (C=O) groups excluding carboxylic acids is 2. The maximum absolute atomic E-state index is 12.1. The molecule has 0 bridgehead atoms. The standard InChI is InChI=1S/C19H23N3O2/c1-13-6-5-7-16(21-13)22-17(23)12-20-18(24)14-8-10-15(11-9-14)19(2,3)4/h5-11H,12H2,1-4H3,(H,20,24)(H,21,22,23). The third kappa shape index (κ3) is 4.91. The summed E-state index contributed by atoms with van der Waals surface area (Å²) in [5.74, 6) is -0.112. The molecule has 2 aromatic rings. The summed E-state index contributed by atoms with van der Waals surface area (Å²) < 4.78 is 0. The average molecular weight is 325 g/mol. The van der Waals surface area contributed by atoms with Gasteiger partial charge in [0.1, 0.15) is 5.82 Å². The Morgan fingerprint density at radius 2 is 1.71 bits per heavy atom. The van der Waals surface area contributed by atoms with Gasteiger partial charge in [0.15, 0.2) is 0 Å². The van der Waals surface area contributed by atoms with Crippen LogP contribution in [0.5, 0.6) is 0 Å². The van der Waals surface area contributed by atoms with E-state index < -0.39 is 0 Å². The zero-order valence-electron chi connectivity index (χ0n) is 14.5. The summed E-state index contributed by atoms with van der Waals surface area (Å²) in [6.45, 7) is 8.09. The van der Waals surface area contributed by atoms with Crippen LogP contribution in [0.15, 0.2) is 42.5 Å². The van der Waals surface area contributed by atoms with Gasteiger partial charge in [-0.1, -0.05) is 39.0 Å². The molecule has 5 heteroatoms. The molecule has 1 heterocycles. The number of benzene rings is 1. The van der Waals surface area contributed by atoms with Gasteiger partial charge >= 0.3 is 0 Å². The molecule has 0 unspecified atom stereocenters. The maximum Gasteiger partial charge on any atom is 0.251 e. The van der Waals surface area contributed by atoms with Gasteiger partial charge in [-0.2, -0.15) is 0 Å². The molecule has 24 heavy (non-hydrogen) atoms. The third-order valence-corrected chi connectivity index (χ3v) is 3.58. The van der Waals surface area contributed by atoms with Gasteiger partial charge in [-0.05, 0) is 42.2 Å². The summed E-state index contributed by atoms with van der Waals surface area (Å²) in [5, 5.41) is 5.27. The van der Waals surface area contributed by atoms with Crippen LogP contribution in [0.4, 0.5) is 5.82 Å². The van der Waals surface area contributed by atoms with Gasteiger partial charge in [-0.3, -0.25) is 9.59 Å². The Morgan fingerprint density at radius 1 is 1.04 bits per heavy atom. The first-order valence-corrected chi connectivity index (χ1v) is 7.88. The van der Waals surface area contributed by atoms with E-state index in [-0.39, 0.29) is 23.8 Å². The summed E-state index contributed by atoms with van der Waals surface area (Å²) >= 11 is 0. The number of carbonyl (C=O) groups is 2. The van der Waals surface area contributed by atoms with E-state index in [1.54, 1.807) is 18.2 Å². The zero-order valence-corrected chi connectivity index (χ0v) is 14.5. The minimum atomic E-state index is -0.312. The molecule has 0 aliphatic rings. The molecule has 1 aromatic carbocycles. The predicted molar refractivity (Wildman–Crippen MR) is 95.1 cm³/mol. The Balaban J connectivity index is 1.89. The number of nitrogens with zero attached hydrogens (tertiary/aromatic N) is 1. The molecule has 126 valence electrons. The molecule has 2 N–H and O–H groups in total. The number of aryl methyl sites for hydroxylation is 1. The van der Waals surface area contributed by atoms with Gasteiger partial charge in [0.05, 0.1) is 6.54 Å². The minimum Gasteiger partial charge on any atom is -0.343 e. The van der Waals surface area contributed by atoms with Crippen molar-refractivity contribution in [1.29, 1.82) is 0 Å². The summed E-state index contributed by atoms with van der Waals surface area (Å²) in [4.78, 5) is 28.2. The number of anilines is 1. The van der Waals surface area contributed by atoms with Crippen LogP contribution < -0.4 is 10.6 Å². The van der Waals surface area contributed by atoms with E-state index in [1.165, 1.54) is 0 Å². The maximum atomic E-state index is 12.1. The lowest BCUT2D eigenvalue weighted by Crippen LogP contribution is -2.33. The first-order valence-electron chi connectivity index (χ1n) is 7.88. The zero-order chi connectivity index (χ0) is 17.7. The fourth-order valence-corrected chi connectivity index (χ4v) is 2.18. The molecule has 0 atom stereocenters. The van der Waals surface area contributed by atoms with Gasteiger partial charge < -0.3 is 10.6 Å². The van der Waals surface area contributed by atoms with E-state index in [2.05, 4.69) is 36.4 Å². The van der Waals surface area contributed by atoms with E-state index in [4.69, 9.17) is 0 Å². The second kappa shape index (κ2) is 7.25. The second-order valence-electron chi connectivity index (χ2n) is 6.72. The van der Waals surface area contributed by atoms with Crippen LogP contribution in [-0.2, 0) is 10.2 Å². The SMILES string of the molecule is Cc1cccc(NC(=O)CNC(=O)c2ccc(C(C)(C)C)cc2)n1. The van der Waals surface area contributed by atoms with Crippen molar-refractivity contribution in [2.75, 3.05) is 11.9 Å². The lowest BCUT2D eigenvalue weighted by Gasteiger charge is -2.19. The Labute approximate surface area is 142 Å². The van der Waals surface area contributed by atoms with Gasteiger partial charge in [-0.25, -0.2) is 4.98 Å². The number of pyridine rings is 1. The number of hydrogen-bond donors (Lipinski definition) is 2. The highest BCUT2D eigenvalue weighted by Crippen LogP contribution is 2.22. The number of nitrogens with one attached hydrogen (secondary N) is 2. The number of rotatable bonds is 4. The molecular formula is C19H23N3O2. The Bertz CT molecular complexity index is 731. The van der Waals surface area contributed by atoms with Gasteiger partial charge in [0.25, 0.3) is 5.91 Å². The summed E-state index contributed by atoms with van der Waals surface area (Å²) in [7, 11) is 0. The van der Waals surface area contributed by atoms with E-state index in [0.29, 0.717) is 11.4 Å². The molecule has 1 aromatic heterocycles. The fraction of sp³-hybridized carbons (Fsp3) is 0.316. The first-order chi connectivity index (χ1) is 11.3. The molecule has 5 nitrogen and oxygen atoms in total. The molecule has 2 amide bonds. The number of aromatic nitrogens is 1. The molecule has 0 spiro atoms. The van der Waals surface area contributed by atoms with Crippen molar-refractivity contribution in [3.63, 3.8) is 0 Å². The highest BCUT2D eigenvalue weighted by Gasteiger charge is 2.14. The first kappa shape index (κ1) is 17.7. The van der Waals surface area contributed by atoms with Crippen molar-refractivity contribution >= 4 is 17.6 Å². The summed E-state index contributed by atoms with van der Waals surface area (Å²) in [6.07, 6.45) is 0. The molecule has 0 saturated carbocycles. The van der Waals surface area contributed by atoms with Gasteiger partial charge in [0, 0.05) is 11.3 Å². The van der Waals surface area contributed by atoms with Crippen LogP contribution in [0.1, 0.15) is 42.4 Å². The summed E-state index contributed by atoms with van der Waals surface area (Å²) in [5.41, 5.74) is 2.54. The van der Waals surface area contributed by atoms with Crippen LogP contribution in [0.2, 0.25) is 0 Å². The molecule has 0 fully saturated rings. The van der Waals surface area contributed by atoms with Crippen molar-refractivity contribution in [3.8, 4) is 0 Å². The van der Waals surface area contributed by atoms with Crippen molar-refractivity contribution in [1.82, 2.24) is 10.3 Å². The fourth-order valence-electron chi connectivity index (χ4n) is 2.18. The summed E-state index contributed by atoms with van der Waals surface area (Å²) in [6, 6.07) is 12.8. The molecule has 0 radical (unpaired) electrons. The van der Waals surface area contributed by atoms with E-state index >= 15 is 0 Å². The number of hydrogen-bond acceptors (Lipinski definition) is 3. The van der Waals surface area contributed by atoms with Gasteiger partial charge in [-0.15, -0.1) is 0 Å². The lowest BCUT2D eigenvalue weighted by atomic mass is 9.87. The van der Waals surface area contributed by atoms with Crippen LogP contribution in [0.25, 0.3) is 0 Å². The van der Waals surface area contributed by atoms with Crippen LogP contribution in [0.3, 0.4) is 0 Å². The molecule has 0 aliphatic heterocycles. The lowest BCUT2D eigenvalue weighted by molar-refractivity contribution is -0.115. The Hall–Kier alpha value is -2.69. The predicted octanol–water partition coefficient (Wildman–Crippen LogP) is 3.06. The molecule has 2 rings (SSSR count). The smallest absolute Gasteiger partial charge is 0.251 e. The highest BCUT2D eigenvalue weighted by molar-refractivity contribution is 5.99. The van der Waals surface area contributed by atoms with Crippen molar-refractivity contribution in [2.24, 2.45) is 0 Å². The van der Waals surface area contributed by atoms with E-state index in [9.17, 15) is 9.59 Å². The van der Waals surface area contributed by atoms with Crippen molar-refractivity contribution in [3.05, 3.63) is 59.3 Å². The second-order valence-corrected chi connectivity index (χ2v) is 6.72. The minimum absolute atomic E-state index is 0.0374. The van der Waals surface area contributed by atoms with Crippen molar-refractivity contribution in [2.45, 2.75) is 33.1 Å². The molecule has 0 aliphatic carbocycles.